The molecule has 42 heavy (non-hydrogen) atoms. The van der Waals surface area contributed by atoms with Crippen LogP contribution in [0.15, 0.2) is 70.0 Å². The number of carbonyl (C=O) groups excluding carboxylic acids is 2. The van der Waals surface area contributed by atoms with Crippen LogP contribution in [0.1, 0.15) is 37.8 Å². The number of nitrogens with zero attached hydrogens (tertiary/aromatic N) is 2. The zero-order valence-electron chi connectivity index (χ0n) is 23.9. The van der Waals surface area contributed by atoms with Crippen molar-refractivity contribution in [1.82, 2.24) is 10.2 Å². The van der Waals surface area contributed by atoms with E-state index < -0.39 is 28.5 Å². The lowest BCUT2D eigenvalue weighted by Crippen LogP contribution is -2.52. The molecular weight excluding hydrogens is 665 g/mol. The Morgan fingerprint density at radius 1 is 1.00 bits per heavy atom. The number of ether oxygens (including phenoxy) is 1. The molecule has 12 heteroatoms. The van der Waals surface area contributed by atoms with Crippen LogP contribution in [0, 0.1) is 6.92 Å². The smallest absolute Gasteiger partial charge is 0.264 e. The molecule has 0 saturated heterocycles. The molecular formula is C30H34BrCl2N3O5S. The normalized spacial score (nSPS) is 12.0. The summed E-state index contributed by atoms with van der Waals surface area (Å²) in [5.74, 6) is -0.420. The van der Waals surface area contributed by atoms with Crippen molar-refractivity contribution < 1.29 is 22.7 Å². The molecule has 3 aromatic rings. The van der Waals surface area contributed by atoms with Gasteiger partial charge in [-0.2, -0.15) is 0 Å². The van der Waals surface area contributed by atoms with Crippen molar-refractivity contribution in [2.75, 3.05) is 24.5 Å². The third-order valence-corrected chi connectivity index (χ3v) is 9.71. The lowest BCUT2D eigenvalue weighted by Gasteiger charge is -2.33. The van der Waals surface area contributed by atoms with Gasteiger partial charge in [-0.05, 0) is 83.7 Å². The highest BCUT2D eigenvalue weighted by Crippen LogP contribution is 2.31. The molecule has 0 aliphatic rings. The number of nitrogens with one attached hydrogen (secondary N) is 1. The highest BCUT2D eigenvalue weighted by Gasteiger charge is 2.34. The monoisotopic (exact) mass is 697 g/mol. The first-order chi connectivity index (χ1) is 19.9. The van der Waals surface area contributed by atoms with Gasteiger partial charge in [-0.1, -0.05) is 60.8 Å². The number of rotatable bonds is 13. The van der Waals surface area contributed by atoms with Crippen molar-refractivity contribution in [1.29, 1.82) is 0 Å². The average Bonchev–Trinajstić information content (AvgIpc) is 2.96. The summed E-state index contributed by atoms with van der Waals surface area (Å²) in [5, 5.41) is 3.52. The average molecular weight is 699 g/mol. The summed E-state index contributed by atoms with van der Waals surface area (Å²) in [6, 6.07) is 15.3. The van der Waals surface area contributed by atoms with Gasteiger partial charge in [0.25, 0.3) is 10.0 Å². The minimum absolute atomic E-state index is 0.0175. The molecule has 1 unspecified atom stereocenters. The van der Waals surface area contributed by atoms with E-state index in [0.717, 1.165) is 16.3 Å². The minimum atomic E-state index is -4.23. The van der Waals surface area contributed by atoms with Crippen LogP contribution in [0.25, 0.3) is 0 Å². The van der Waals surface area contributed by atoms with E-state index in [2.05, 4.69) is 21.2 Å². The summed E-state index contributed by atoms with van der Waals surface area (Å²) in [7, 11) is -2.75. The summed E-state index contributed by atoms with van der Waals surface area (Å²) >= 11 is 15.7. The number of hydrogen-bond donors (Lipinski definition) is 1. The molecule has 1 N–H and O–H groups in total. The van der Waals surface area contributed by atoms with Crippen molar-refractivity contribution in [2.24, 2.45) is 0 Å². The van der Waals surface area contributed by atoms with Gasteiger partial charge in [-0.25, -0.2) is 8.42 Å². The highest BCUT2D eigenvalue weighted by molar-refractivity contribution is 9.10. The van der Waals surface area contributed by atoms with Crippen LogP contribution < -0.4 is 14.4 Å². The first-order valence-electron chi connectivity index (χ1n) is 13.4. The van der Waals surface area contributed by atoms with Crippen molar-refractivity contribution in [3.63, 3.8) is 0 Å². The predicted molar refractivity (Wildman–Crippen MR) is 171 cm³/mol. The molecule has 3 rings (SSSR count). The highest BCUT2D eigenvalue weighted by atomic mass is 79.9. The predicted octanol–water partition coefficient (Wildman–Crippen LogP) is 6.60. The van der Waals surface area contributed by atoms with E-state index in [-0.39, 0.29) is 17.3 Å². The fraction of sp³-hybridized carbons (Fsp3) is 0.333. The summed E-state index contributed by atoms with van der Waals surface area (Å²) in [5.41, 5.74) is 1.87. The maximum absolute atomic E-state index is 14.1. The quantitative estimate of drug-likeness (QED) is 0.217. The Kier molecular flexibility index (Phi) is 12.1. The SMILES string of the molecule is CCCNC(=O)C(CC)N(Cc1ccc(Cl)c(Cl)c1)C(=O)CN(c1ccc(C)cc1)S(=O)(=O)c1ccc(OC)c(Br)c1. The van der Waals surface area contributed by atoms with E-state index >= 15 is 0 Å². The van der Waals surface area contributed by atoms with Crippen molar-refractivity contribution >= 4 is 66.7 Å². The number of anilines is 1. The van der Waals surface area contributed by atoms with Gasteiger partial charge < -0.3 is 15.0 Å². The van der Waals surface area contributed by atoms with Crippen molar-refractivity contribution in [3.05, 3.63) is 86.3 Å². The fourth-order valence-electron chi connectivity index (χ4n) is 4.29. The number of methoxy groups -OCH3 is 1. The van der Waals surface area contributed by atoms with E-state index in [1.807, 2.05) is 13.8 Å². The van der Waals surface area contributed by atoms with E-state index in [1.165, 1.54) is 30.2 Å². The zero-order valence-corrected chi connectivity index (χ0v) is 27.8. The molecule has 0 aliphatic heterocycles. The lowest BCUT2D eigenvalue weighted by molar-refractivity contribution is -0.140. The first kappa shape index (κ1) is 33.7. The number of hydrogen-bond acceptors (Lipinski definition) is 5. The van der Waals surface area contributed by atoms with Crippen molar-refractivity contribution in [2.45, 2.75) is 51.1 Å². The maximum Gasteiger partial charge on any atom is 0.264 e. The number of amides is 2. The summed E-state index contributed by atoms with van der Waals surface area (Å²) in [6.45, 7) is 5.53. The van der Waals surface area contributed by atoms with E-state index in [9.17, 15) is 18.0 Å². The fourth-order valence-corrected chi connectivity index (χ4v) is 6.75. The molecule has 0 aromatic heterocycles. The third kappa shape index (κ3) is 8.18. The van der Waals surface area contributed by atoms with Gasteiger partial charge in [0.1, 0.15) is 18.3 Å². The molecule has 8 nitrogen and oxygen atoms in total. The number of aryl methyl sites for hydroxylation is 1. The zero-order chi connectivity index (χ0) is 31.0. The van der Waals surface area contributed by atoms with E-state index in [1.54, 1.807) is 49.4 Å². The van der Waals surface area contributed by atoms with Gasteiger partial charge >= 0.3 is 0 Å². The van der Waals surface area contributed by atoms with E-state index in [4.69, 9.17) is 27.9 Å². The second-order valence-electron chi connectivity index (χ2n) is 9.63. The standard InChI is InChI=1S/C30H34BrCl2N3O5S/c1-5-15-34-30(38)27(6-2)35(18-21-9-13-25(32)26(33)16-21)29(37)19-36(22-10-7-20(3)8-11-22)42(39,40)23-12-14-28(41-4)24(31)17-23/h7-14,16-17,27H,5-6,15,18-19H2,1-4H3,(H,34,38). The van der Waals surface area contributed by atoms with E-state index in [0.29, 0.717) is 44.5 Å². The Morgan fingerprint density at radius 2 is 1.69 bits per heavy atom. The minimum Gasteiger partial charge on any atom is -0.496 e. The largest absolute Gasteiger partial charge is 0.496 e. The van der Waals surface area contributed by atoms with Crippen LogP contribution in [0.3, 0.4) is 0 Å². The number of benzene rings is 3. The molecule has 0 fully saturated rings. The Balaban J connectivity index is 2.08. The van der Waals surface area contributed by atoms with Gasteiger partial charge in [0, 0.05) is 13.1 Å². The van der Waals surface area contributed by atoms with Crippen LogP contribution in [0.5, 0.6) is 5.75 Å². The van der Waals surface area contributed by atoms with Crippen LogP contribution in [0.4, 0.5) is 5.69 Å². The molecule has 0 heterocycles. The Labute approximate surface area is 266 Å². The molecule has 2 amide bonds. The van der Waals surface area contributed by atoms with Gasteiger partial charge in [0.15, 0.2) is 0 Å². The lowest BCUT2D eigenvalue weighted by atomic mass is 10.1. The molecule has 0 aliphatic carbocycles. The van der Waals surface area contributed by atoms with Gasteiger partial charge in [0.05, 0.1) is 32.2 Å². The number of halogens is 3. The molecule has 226 valence electrons. The number of carbonyl (C=O) groups is 2. The van der Waals surface area contributed by atoms with Gasteiger partial charge in [-0.15, -0.1) is 0 Å². The van der Waals surface area contributed by atoms with Gasteiger partial charge in [-0.3, -0.25) is 13.9 Å². The second-order valence-corrected chi connectivity index (χ2v) is 13.2. The Bertz CT molecular complexity index is 1520. The summed E-state index contributed by atoms with van der Waals surface area (Å²) in [6.07, 6.45) is 1.03. The second kappa shape index (κ2) is 15.1. The molecule has 0 bridgehead atoms. The number of sulfonamides is 1. The van der Waals surface area contributed by atoms with Crippen LogP contribution in [-0.2, 0) is 26.2 Å². The maximum atomic E-state index is 14.1. The third-order valence-electron chi connectivity index (χ3n) is 6.58. The Morgan fingerprint density at radius 3 is 2.26 bits per heavy atom. The van der Waals surface area contributed by atoms with Crippen molar-refractivity contribution in [3.8, 4) is 5.75 Å². The van der Waals surface area contributed by atoms with Crippen LogP contribution in [-0.4, -0.2) is 51.4 Å². The molecule has 0 saturated carbocycles. The topological polar surface area (TPSA) is 96.0 Å². The molecule has 1 atom stereocenters. The first-order valence-corrected chi connectivity index (χ1v) is 16.4. The molecule has 0 radical (unpaired) electrons. The summed E-state index contributed by atoms with van der Waals surface area (Å²) < 4.78 is 34.9. The van der Waals surface area contributed by atoms with Gasteiger partial charge in [0.2, 0.25) is 11.8 Å². The van der Waals surface area contributed by atoms with Crippen LogP contribution >= 0.6 is 39.1 Å². The summed E-state index contributed by atoms with van der Waals surface area (Å²) in [4.78, 5) is 28.7. The molecule has 3 aromatic carbocycles. The van der Waals surface area contributed by atoms with Crippen LogP contribution in [0.2, 0.25) is 10.0 Å². The molecule has 0 spiro atoms. The Hall–Kier alpha value is -2.79.